The van der Waals surface area contributed by atoms with Crippen molar-refractivity contribution in [3.8, 4) is 0 Å². The van der Waals surface area contributed by atoms with Gasteiger partial charge in [0.1, 0.15) is 0 Å². The summed E-state index contributed by atoms with van der Waals surface area (Å²) < 4.78 is 7.43. The van der Waals surface area contributed by atoms with Crippen molar-refractivity contribution in [1.82, 2.24) is 15.1 Å². The minimum absolute atomic E-state index is 0.290. The Bertz CT molecular complexity index is 279. The minimum atomic E-state index is 0.290. The Labute approximate surface area is 104 Å². The molecule has 1 rings (SSSR count). The van der Waals surface area contributed by atoms with Crippen molar-refractivity contribution in [2.75, 3.05) is 13.2 Å². The van der Waals surface area contributed by atoms with Crippen molar-refractivity contribution >= 4 is 0 Å². The van der Waals surface area contributed by atoms with Crippen LogP contribution in [0.1, 0.15) is 33.4 Å². The van der Waals surface area contributed by atoms with Gasteiger partial charge in [-0.05, 0) is 32.4 Å². The van der Waals surface area contributed by atoms with Gasteiger partial charge in [-0.3, -0.25) is 4.68 Å². The average molecular weight is 239 g/mol. The lowest BCUT2D eigenvalue weighted by Crippen LogP contribution is -2.19. The van der Waals surface area contributed by atoms with Crippen LogP contribution in [0.3, 0.4) is 0 Å². The van der Waals surface area contributed by atoms with Gasteiger partial charge in [0.05, 0.1) is 24.9 Å². The zero-order valence-corrected chi connectivity index (χ0v) is 11.4. The normalized spacial score (nSPS) is 11.6. The van der Waals surface area contributed by atoms with Gasteiger partial charge in [0.15, 0.2) is 0 Å². The fraction of sp³-hybridized carbons (Fsp3) is 0.769. The molecule has 0 aromatic carbocycles. The van der Waals surface area contributed by atoms with E-state index in [1.165, 1.54) is 0 Å². The Balaban J connectivity index is 2.23. The molecule has 17 heavy (non-hydrogen) atoms. The maximum atomic E-state index is 5.49. The molecule has 0 fully saturated rings. The lowest BCUT2D eigenvalue weighted by atomic mass is 10.2. The fourth-order valence-electron chi connectivity index (χ4n) is 1.49. The Morgan fingerprint density at radius 3 is 2.76 bits per heavy atom. The second-order valence-electron chi connectivity index (χ2n) is 5.01. The molecule has 0 aliphatic rings. The van der Waals surface area contributed by atoms with Crippen LogP contribution in [0.5, 0.6) is 0 Å². The predicted octanol–water partition coefficient (Wildman–Crippen LogP) is 2.05. The molecule has 0 amide bonds. The highest BCUT2D eigenvalue weighted by Gasteiger charge is 2.00. The molecule has 0 spiro atoms. The number of nitrogens with one attached hydrogen (secondary N) is 1. The molecular weight excluding hydrogens is 214 g/mol. The number of aromatic nitrogens is 2. The van der Waals surface area contributed by atoms with Gasteiger partial charge in [0, 0.05) is 12.7 Å². The topological polar surface area (TPSA) is 39.1 Å². The van der Waals surface area contributed by atoms with E-state index in [2.05, 4.69) is 30.3 Å². The molecule has 98 valence electrons. The average Bonchev–Trinajstić information content (AvgIpc) is 2.65. The smallest absolute Gasteiger partial charge is 0.0762 e. The highest BCUT2D eigenvalue weighted by atomic mass is 16.5. The lowest BCUT2D eigenvalue weighted by molar-refractivity contribution is 0.0709. The highest BCUT2D eigenvalue weighted by molar-refractivity contribution is 4.98. The monoisotopic (exact) mass is 239 g/mol. The molecule has 0 atom stereocenters. The summed E-state index contributed by atoms with van der Waals surface area (Å²) >= 11 is 0. The summed E-state index contributed by atoms with van der Waals surface area (Å²) in [6, 6.07) is 2.06. The predicted molar refractivity (Wildman–Crippen MR) is 69.9 cm³/mol. The van der Waals surface area contributed by atoms with Crippen LogP contribution < -0.4 is 5.32 Å². The van der Waals surface area contributed by atoms with Crippen molar-refractivity contribution in [3.05, 3.63) is 18.0 Å². The zero-order valence-electron chi connectivity index (χ0n) is 11.4. The molecule has 1 heterocycles. The maximum Gasteiger partial charge on any atom is 0.0762 e. The molecule has 1 aromatic heterocycles. The quantitative estimate of drug-likeness (QED) is 0.754. The number of hydrogen-bond acceptors (Lipinski definition) is 3. The Morgan fingerprint density at radius 1 is 1.35 bits per heavy atom. The molecule has 1 N–H and O–H groups in total. The molecule has 0 bridgehead atoms. The van der Waals surface area contributed by atoms with E-state index in [-0.39, 0.29) is 6.10 Å². The van der Waals surface area contributed by atoms with Gasteiger partial charge < -0.3 is 10.1 Å². The summed E-state index contributed by atoms with van der Waals surface area (Å²) in [6.45, 7) is 11.9. The molecule has 0 radical (unpaired) electrons. The zero-order chi connectivity index (χ0) is 12.7. The second-order valence-corrected chi connectivity index (χ2v) is 5.01. The second kappa shape index (κ2) is 7.45. The van der Waals surface area contributed by atoms with Crippen LogP contribution in [0.15, 0.2) is 12.3 Å². The van der Waals surface area contributed by atoms with Crippen LogP contribution in [0.2, 0.25) is 0 Å². The van der Waals surface area contributed by atoms with Crippen molar-refractivity contribution in [2.24, 2.45) is 5.92 Å². The Morgan fingerprint density at radius 2 is 2.12 bits per heavy atom. The maximum absolute atomic E-state index is 5.49. The molecule has 4 nitrogen and oxygen atoms in total. The van der Waals surface area contributed by atoms with E-state index in [0.29, 0.717) is 5.92 Å². The Kier molecular flexibility index (Phi) is 6.22. The summed E-state index contributed by atoms with van der Waals surface area (Å²) in [6.07, 6.45) is 2.30. The van der Waals surface area contributed by atoms with E-state index in [1.54, 1.807) is 0 Å². The van der Waals surface area contributed by atoms with E-state index in [0.717, 1.165) is 31.9 Å². The first-order valence-electron chi connectivity index (χ1n) is 6.42. The van der Waals surface area contributed by atoms with Crippen LogP contribution in [-0.2, 0) is 17.8 Å². The Hall–Kier alpha value is -0.870. The van der Waals surface area contributed by atoms with E-state index in [1.807, 2.05) is 24.7 Å². The SMILES string of the molecule is CC(C)CNCc1ccn(CCOC(C)C)n1. The molecule has 1 aromatic rings. The van der Waals surface area contributed by atoms with Crippen molar-refractivity contribution in [2.45, 2.75) is 46.9 Å². The van der Waals surface area contributed by atoms with Crippen LogP contribution in [0.25, 0.3) is 0 Å². The van der Waals surface area contributed by atoms with Gasteiger partial charge in [-0.25, -0.2) is 0 Å². The van der Waals surface area contributed by atoms with Gasteiger partial charge in [0.25, 0.3) is 0 Å². The largest absolute Gasteiger partial charge is 0.377 e. The summed E-state index contributed by atoms with van der Waals surface area (Å²) in [7, 11) is 0. The standard InChI is InChI=1S/C13H25N3O/c1-11(2)9-14-10-13-5-6-16(15-13)7-8-17-12(3)4/h5-6,11-12,14H,7-10H2,1-4H3. The molecule has 0 unspecified atom stereocenters. The molecule has 0 aliphatic heterocycles. The molecule has 4 heteroatoms. The van der Waals surface area contributed by atoms with E-state index >= 15 is 0 Å². The molecule has 0 saturated heterocycles. The fourth-order valence-corrected chi connectivity index (χ4v) is 1.49. The van der Waals surface area contributed by atoms with Crippen molar-refractivity contribution in [3.63, 3.8) is 0 Å². The first kappa shape index (κ1) is 14.2. The van der Waals surface area contributed by atoms with E-state index in [4.69, 9.17) is 4.74 Å². The number of ether oxygens (including phenoxy) is 1. The summed E-state index contributed by atoms with van der Waals surface area (Å²) in [4.78, 5) is 0. The third kappa shape index (κ3) is 6.44. The lowest BCUT2D eigenvalue weighted by Gasteiger charge is -2.07. The van der Waals surface area contributed by atoms with Gasteiger partial charge in [-0.2, -0.15) is 5.10 Å². The van der Waals surface area contributed by atoms with Gasteiger partial charge in [0.2, 0.25) is 0 Å². The van der Waals surface area contributed by atoms with Crippen LogP contribution in [-0.4, -0.2) is 29.0 Å². The first-order valence-corrected chi connectivity index (χ1v) is 6.42. The van der Waals surface area contributed by atoms with Crippen LogP contribution in [0.4, 0.5) is 0 Å². The number of hydrogen-bond donors (Lipinski definition) is 1. The van der Waals surface area contributed by atoms with Gasteiger partial charge in [-0.1, -0.05) is 13.8 Å². The van der Waals surface area contributed by atoms with Crippen molar-refractivity contribution < 1.29 is 4.74 Å². The van der Waals surface area contributed by atoms with E-state index in [9.17, 15) is 0 Å². The molecule has 0 aliphatic carbocycles. The highest BCUT2D eigenvalue weighted by Crippen LogP contribution is 1.97. The molecule has 0 saturated carbocycles. The molecular formula is C13H25N3O. The van der Waals surface area contributed by atoms with Crippen LogP contribution >= 0.6 is 0 Å². The van der Waals surface area contributed by atoms with E-state index < -0.39 is 0 Å². The first-order chi connectivity index (χ1) is 8.08. The van der Waals surface area contributed by atoms with Gasteiger partial charge in [-0.15, -0.1) is 0 Å². The number of nitrogens with zero attached hydrogens (tertiary/aromatic N) is 2. The van der Waals surface area contributed by atoms with Crippen molar-refractivity contribution in [1.29, 1.82) is 0 Å². The third-order valence-corrected chi connectivity index (χ3v) is 2.33. The number of rotatable bonds is 8. The van der Waals surface area contributed by atoms with Crippen LogP contribution in [0, 0.1) is 5.92 Å². The third-order valence-electron chi connectivity index (χ3n) is 2.33. The minimum Gasteiger partial charge on any atom is -0.377 e. The summed E-state index contributed by atoms with van der Waals surface area (Å²) in [5.74, 6) is 0.677. The summed E-state index contributed by atoms with van der Waals surface area (Å²) in [5, 5.41) is 7.86. The van der Waals surface area contributed by atoms with Gasteiger partial charge >= 0.3 is 0 Å². The summed E-state index contributed by atoms with van der Waals surface area (Å²) in [5.41, 5.74) is 1.09.